The zero-order valence-corrected chi connectivity index (χ0v) is 23.5. The Labute approximate surface area is 244 Å². The number of piperidine rings is 1. The number of carboxylic acid groups (broad SMARTS) is 1. The van der Waals surface area contributed by atoms with Gasteiger partial charge in [-0.15, -0.1) is 0 Å². The quantitative estimate of drug-likeness (QED) is 0.346. The third-order valence-electron chi connectivity index (χ3n) is 7.29. The summed E-state index contributed by atoms with van der Waals surface area (Å²) < 4.78 is 55.4. The monoisotopic (exact) mass is 620 g/mol. The molecule has 2 aromatic rings. The minimum atomic E-state index is -3.67. The Bertz CT molecular complexity index is 1220. The molecule has 1 atom stereocenters. The van der Waals surface area contributed by atoms with E-state index in [1.807, 2.05) is 12.1 Å². The summed E-state index contributed by atoms with van der Waals surface area (Å²) in [6.07, 6.45) is 3.81. The molecule has 2 saturated heterocycles. The fraction of sp³-hybridized carbons (Fsp3) is 0.500. The molecule has 2 heterocycles. The summed E-state index contributed by atoms with van der Waals surface area (Å²) in [5, 5.41) is 10.6. The van der Waals surface area contributed by atoms with Gasteiger partial charge in [-0.2, -0.15) is 13.2 Å². The third kappa shape index (κ3) is 8.70. The summed E-state index contributed by atoms with van der Waals surface area (Å²) in [6.45, 7) is -0.855. The SMILES string of the molecule is FC(F)F.O=C(O)C1COCN1C(=O)c1cc(C2CC2)c(OCC2CCN(Cc3cc(Cl)cc(Cl)c3)CC2)cc1F. The molecule has 5 rings (SSSR count). The molecule has 1 N–H and O–H groups in total. The van der Waals surface area contributed by atoms with E-state index in [2.05, 4.69) is 4.90 Å². The topological polar surface area (TPSA) is 79.3 Å². The van der Waals surface area contributed by atoms with Crippen LogP contribution in [0.4, 0.5) is 17.6 Å². The van der Waals surface area contributed by atoms with Crippen molar-refractivity contribution in [3.63, 3.8) is 0 Å². The Morgan fingerprint density at radius 3 is 2.24 bits per heavy atom. The van der Waals surface area contributed by atoms with Crippen molar-refractivity contribution in [2.24, 2.45) is 5.92 Å². The standard InChI is InChI=1S/C27H29Cl2FN2O5.CHF3/c28-19-7-17(8-20(29)9-19)12-31-5-3-16(4-6-31)13-37-25-11-23(30)22(10-21(25)18-1-2-18)26(33)32-15-36-14-24(32)27(34)35;2-1(3)4/h7-11,16,18,24H,1-6,12-15H2,(H,34,35);1H. The maximum atomic E-state index is 15.1. The molecular formula is C28H30Cl2F4N2O5. The number of nitrogens with zero attached hydrogens (tertiary/aromatic N) is 2. The number of hydrogen-bond acceptors (Lipinski definition) is 5. The number of carbonyl (C=O) groups excluding carboxylic acids is 1. The Balaban J connectivity index is 0.000000909. The highest BCUT2D eigenvalue weighted by Crippen LogP contribution is 2.45. The van der Waals surface area contributed by atoms with Crippen LogP contribution in [0.1, 0.15) is 53.1 Å². The van der Waals surface area contributed by atoms with Crippen LogP contribution in [0.5, 0.6) is 5.75 Å². The van der Waals surface area contributed by atoms with Gasteiger partial charge < -0.3 is 14.6 Å². The predicted molar refractivity (Wildman–Crippen MR) is 144 cm³/mol. The van der Waals surface area contributed by atoms with E-state index in [0.29, 0.717) is 28.3 Å². The Hall–Kier alpha value is -2.60. The van der Waals surface area contributed by atoms with Crippen molar-refractivity contribution in [3.05, 3.63) is 62.9 Å². The summed E-state index contributed by atoms with van der Waals surface area (Å²) >= 11 is 12.2. The van der Waals surface area contributed by atoms with Crippen LogP contribution in [0.3, 0.4) is 0 Å². The summed E-state index contributed by atoms with van der Waals surface area (Å²) in [4.78, 5) is 27.8. The van der Waals surface area contributed by atoms with Crippen LogP contribution in [-0.4, -0.2) is 72.5 Å². The number of amides is 1. The number of aliphatic carboxylic acids is 1. The van der Waals surface area contributed by atoms with Crippen LogP contribution in [0.25, 0.3) is 0 Å². The highest BCUT2D eigenvalue weighted by atomic mass is 35.5. The Morgan fingerprint density at radius 2 is 1.66 bits per heavy atom. The van der Waals surface area contributed by atoms with Gasteiger partial charge in [0, 0.05) is 22.7 Å². The summed E-state index contributed by atoms with van der Waals surface area (Å²) in [7, 11) is 0. The van der Waals surface area contributed by atoms with Crippen molar-refractivity contribution in [2.75, 3.05) is 33.0 Å². The lowest BCUT2D eigenvalue weighted by Gasteiger charge is -2.32. The zero-order valence-electron chi connectivity index (χ0n) is 22.0. The molecule has 2 aliphatic heterocycles. The van der Waals surface area contributed by atoms with E-state index in [4.69, 9.17) is 32.7 Å². The number of halogens is 6. The fourth-order valence-electron chi connectivity index (χ4n) is 5.06. The molecule has 41 heavy (non-hydrogen) atoms. The summed E-state index contributed by atoms with van der Waals surface area (Å²) in [5.74, 6) is -1.52. The molecule has 0 spiro atoms. The van der Waals surface area contributed by atoms with Crippen LogP contribution < -0.4 is 4.74 Å². The Morgan fingerprint density at radius 1 is 1.02 bits per heavy atom. The Kier molecular flexibility index (Phi) is 10.7. The van der Waals surface area contributed by atoms with Gasteiger partial charge in [-0.3, -0.25) is 14.6 Å². The van der Waals surface area contributed by atoms with Crippen molar-refractivity contribution in [1.29, 1.82) is 0 Å². The van der Waals surface area contributed by atoms with Gasteiger partial charge in [-0.1, -0.05) is 23.2 Å². The molecule has 3 fully saturated rings. The number of rotatable bonds is 8. The molecule has 0 aromatic heterocycles. The van der Waals surface area contributed by atoms with Crippen LogP contribution in [0.2, 0.25) is 10.0 Å². The summed E-state index contributed by atoms with van der Waals surface area (Å²) in [5.41, 5.74) is 1.76. The third-order valence-corrected chi connectivity index (χ3v) is 7.72. The molecule has 13 heteroatoms. The molecule has 1 amide bonds. The van der Waals surface area contributed by atoms with Gasteiger partial charge in [0.15, 0.2) is 6.04 Å². The van der Waals surface area contributed by atoms with Crippen LogP contribution in [0.15, 0.2) is 30.3 Å². The van der Waals surface area contributed by atoms with Gasteiger partial charge in [0.25, 0.3) is 5.91 Å². The highest BCUT2D eigenvalue weighted by molar-refractivity contribution is 6.34. The van der Waals surface area contributed by atoms with E-state index in [9.17, 15) is 27.9 Å². The highest BCUT2D eigenvalue weighted by Gasteiger charge is 2.38. The number of likely N-dealkylation sites (tertiary alicyclic amines) is 1. The number of benzene rings is 2. The predicted octanol–water partition coefficient (Wildman–Crippen LogP) is 6.36. The van der Waals surface area contributed by atoms with Crippen molar-refractivity contribution in [3.8, 4) is 5.75 Å². The number of hydrogen-bond donors (Lipinski definition) is 1. The first-order valence-corrected chi connectivity index (χ1v) is 13.9. The fourth-order valence-corrected chi connectivity index (χ4v) is 5.63. The van der Waals surface area contributed by atoms with E-state index in [1.54, 1.807) is 12.1 Å². The first kappa shape index (κ1) is 31.3. The van der Waals surface area contributed by atoms with Crippen LogP contribution in [-0.2, 0) is 16.1 Å². The molecule has 3 aliphatic rings. The molecule has 0 bridgehead atoms. The molecule has 224 valence electrons. The maximum Gasteiger partial charge on any atom is 0.379 e. The number of ether oxygens (including phenoxy) is 2. The van der Waals surface area contributed by atoms with Gasteiger partial charge >= 0.3 is 12.6 Å². The van der Waals surface area contributed by atoms with Gasteiger partial charge in [0.2, 0.25) is 0 Å². The largest absolute Gasteiger partial charge is 0.493 e. The molecule has 1 saturated carbocycles. The number of carboxylic acids is 1. The lowest BCUT2D eigenvalue weighted by Crippen LogP contribution is -2.42. The minimum Gasteiger partial charge on any atom is -0.493 e. The molecule has 2 aromatic carbocycles. The molecular weight excluding hydrogens is 591 g/mol. The van der Waals surface area contributed by atoms with Crippen molar-refractivity contribution < 1.29 is 41.7 Å². The second-order valence-corrected chi connectivity index (χ2v) is 11.2. The van der Waals surface area contributed by atoms with Gasteiger partial charge in [-0.05, 0) is 86.0 Å². The zero-order chi connectivity index (χ0) is 29.7. The molecule has 1 unspecified atom stereocenters. The number of carbonyl (C=O) groups is 2. The van der Waals surface area contributed by atoms with Crippen molar-refractivity contribution in [1.82, 2.24) is 9.80 Å². The second kappa shape index (κ2) is 14.0. The lowest BCUT2D eigenvalue weighted by molar-refractivity contribution is -0.141. The first-order valence-electron chi connectivity index (χ1n) is 13.2. The van der Waals surface area contributed by atoms with Crippen molar-refractivity contribution in [2.45, 2.75) is 50.9 Å². The number of alkyl halides is 3. The van der Waals surface area contributed by atoms with Gasteiger partial charge in [0.05, 0.1) is 18.8 Å². The molecule has 1 aliphatic carbocycles. The lowest BCUT2D eigenvalue weighted by atomic mass is 9.97. The van der Waals surface area contributed by atoms with E-state index in [0.717, 1.165) is 61.3 Å². The van der Waals surface area contributed by atoms with E-state index in [-0.39, 0.29) is 24.8 Å². The van der Waals surface area contributed by atoms with E-state index >= 15 is 4.39 Å². The normalized spacial score (nSPS) is 19.7. The molecule has 7 nitrogen and oxygen atoms in total. The average Bonchev–Trinajstić information content (AvgIpc) is 3.61. The van der Waals surface area contributed by atoms with E-state index < -0.39 is 30.4 Å². The maximum absolute atomic E-state index is 15.1. The smallest absolute Gasteiger partial charge is 0.379 e. The van der Waals surface area contributed by atoms with Crippen LogP contribution >= 0.6 is 23.2 Å². The summed E-state index contributed by atoms with van der Waals surface area (Å²) in [6, 6.07) is 7.30. The van der Waals surface area contributed by atoms with Crippen molar-refractivity contribution >= 4 is 35.1 Å². The minimum absolute atomic E-state index is 0.106. The second-order valence-electron chi connectivity index (χ2n) is 10.3. The van der Waals surface area contributed by atoms with Gasteiger partial charge in [0.1, 0.15) is 18.3 Å². The van der Waals surface area contributed by atoms with Crippen LogP contribution in [0, 0.1) is 11.7 Å². The first-order chi connectivity index (χ1) is 19.5. The average molecular weight is 621 g/mol. The van der Waals surface area contributed by atoms with Gasteiger partial charge in [-0.25, -0.2) is 9.18 Å². The molecule has 0 radical (unpaired) electrons. The van der Waals surface area contributed by atoms with E-state index in [1.165, 1.54) is 6.07 Å².